The predicted octanol–water partition coefficient (Wildman–Crippen LogP) is 4.25. The number of benzene rings is 2. The minimum Gasteiger partial charge on any atom is -0.295 e. The molecule has 26 heavy (non-hydrogen) atoms. The molecular weight excluding hydrogens is 318 g/mol. The fourth-order valence-corrected chi connectivity index (χ4v) is 4.69. The van der Waals surface area contributed by atoms with Crippen molar-refractivity contribution >= 4 is 0 Å². The first-order valence-electron chi connectivity index (χ1n) is 9.75. The van der Waals surface area contributed by atoms with Crippen LogP contribution in [0, 0.1) is 5.92 Å². The van der Waals surface area contributed by atoms with Crippen molar-refractivity contribution in [2.45, 2.75) is 38.3 Å². The predicted molar refractivity (Wildman–Crippen MR) is 104 cm³/mol. The van der Waals surface area contributed by atoms with E-state index in [1.807, 2.05) is 16.9 Å². The Bertz CT molecular complexity index is 883. The molecule has 2 atom stereocenters. The highest BCUT2D eigenvalue weighted by Gasteiger charge is 2.31. The lowest BCUT2D eigenvalue weighted by Crippen LogP contribution is -2.46. The molecule has 3 heteroatoms. The molecule has 3 nitrogen and oxygen atoms in total. The number of para-hydroxylation sites is 1. The lowest BCUT2D eigenvalue weighted by Gasteiger charge is -2.42. The van der Waals surface area contributed by atoms with Gasteiger partial charge < -0.3 is 0 Å². The summed E-state index contributed by atoms with van der Waals surface area (Å²) in [6, 6.07) is 20.1. The molecule has 1 aliphatic carbocycles. The first-order chi connectivity index (χ1) is 12.8. The van der Waals surface area contributed by atoms with E-state index in [0.29, 0.717) is 6.04 Å². The Hall–Kier alpha value is -2.39. The molecule has 1 saturated heterocycles. The number of hydrogen-bond donors (Lipinski definition) is 0. The number of hydrogen-bond acceptors (Lipinski definition) is 2. The van der Waals surface area contributed by atoms with Crippen LogP contribution < -0.4 is 0 Å². The largest absolute Gasteiger partial charge is 0.295 e. The molecule has 6 rings (SSSR count). The summed E-state index contributed by atoms with van der Waals surface area (Å²) in [6.45, 7) is 2.23. The Kier molecular flexibility index (Phi) is 4.10. The monoisotopic (exact) mass is 343 g/mol. The minimum atomic E-state index is 0.660. The highest BCUT2D eigenvalue weighted by molar-refractivity contribution is 5.32. The van der Waals surface area contributed by atoms with Gasteiger partial charge in [-0.1, -0.05) is 42.5 Å². The van der Waals surface area contributed by atoms with Gasteiger partial charge in [-0.05, 0) is 54.9 Å². The summed E-state index contributed by atoms with van der Waals surface area (Å²) in [7, 11) is 0. The molecule has 1 fully saturated rings. The Morgan fingerprint density at radius 1 is 0.885 bits per heavy atom. The Balaban J connectivity index is 1.36. The van der Waals surface area contributed by atoms with Gasteiger partial charge in [0.25, 0.3) is 0 Å². The van der Waals surface area contributed by atoms with E-state index in [1.54, 1.807) is 11.1 Å². The first-order valence-corrected chi connectivity index (χ1v) is 9.75. The lowest BCUT2D eigenvalue weighted by atomic mass is 9.80. The average Bonchev–Trinajstić information content (AvgIpc) is 3.12. The zero-order valence-corrected chi connectivity index (χ0v) is 15.1. The van der Waals surface area contributed by atoms with Crippen molar-refractivity contribution in [2.75, 3.05) is 6.54 Å². The van der Waals surface area contributed by atoms with Crippen LogP contribution in [0.25, 0.3) is 5.69 Å². The minimum absolute atomic E-state index is 0.660. The summed E-state index contributed by atoms with van der Waals surface area (Å²) >= 11 is 0. The van der Waals surface area contributed by atoms with Crippen molar-refractivity contribution in [3.8, 4) is 5.69 Å². The molecule has 0 radical (unpaired) electrons. The molecule has 3 heterocycles. The number of piperidine rings is 1. The van der Waals surface area contributed by atoms with Gasteiger partial charge in [0.15, 0.2) is 0 Å². The topological polar surface area (TPSA) is 21.1 Å². The second-order valence-corrected chi connectivity index (χ2v) is 7.83. The van der Waals surface area contributed by atoms with Gasteiger partial charge in [-0.2, -0.15) is 5.10 Å². The van der Waals surface area contributed by atoms with Gasteiger partial charge in [-0.15, -0.1) is 0 Å². The average molecular weight is 343 g/mol. The lowest BCUT2D eigenvalue weighted by molar-refractivity contribution is 0.0938. The van der Waals surface area contributed by atoms with Gasteiger partial charge in [-0.25, -0.2) is 4.68 Å². The quantitative estimate of drug-likeness (QED) is 0.709. The van der Waals surface area contributed by atoms with E-state index in [1.165, 1.54) is 37.8 Å². The van der Waals surface area contributed by atoms with Crippen LogP contribution in [0.3, 0.4) is 0 Å². The third-order valence-electron chi connectivity index (χ3n) is 6.04. The van der Waals surface area contributed by atoms with E-state index in [4.69, 9.17) is 0 Å². The first kappa shape index (κ1) is 15.8. The van der Waals surface area contributed by atoms with Gasteiger partial charge in [-0.3, -0.25) is 4.90 Å². The van der Waals surface area contributed by atoms with Gasteiger partial charge in [0.1, 0.15) is 0 Å². The molecule has 0 unspecified atom stereocenters. The molecule has 2 aromatic carbocycles. The van der Waals surface area contributed by atoms with Crippen molar-refractivity contribution in [1.29, 1.82) is 0 Å². The van der Waals surface area contributed by atoms with Gasteiger partial charge >= 0.3 is 0 Å². The fraction of sp³-hybridized carbons (Fsp3) is 0.348. The molecule has 2 aliphatic heterocycles. The third kappa shape index (κ3) is 3.08. The standard InChI is InChI=1S/C23H25N3/c1-2-8-22(9-3-1)26-17-19(14-24-26)16-25-15-18-10-11-23(25)13-21-7-5-4-6-20(21)12-18/h1-9,14,17-18,23H,10-13,15-16H2/t18-,23-/m1/s1. The van der Waals surface area contributed by atoms with Crippen LogP contribution in [0.2, 0.25) is 0 Å². The van der Waals surface area contributed by atoms with E-state index >= 15 is 0 Å². The van der Waals surface area contributed by atoms with Crippen LogP contribution >= 0.6 is 0 Å². The van der Waals surface area contributed by atoms with E-state index in [-0.39, 0.29) is 0 Å². The van der Waals surface area contributed by atoms with E-state index in [9.17, 15) is 0 Å². The number of fused-ring (bicyclic) bond motifs is 2. The molecule has 3 aromatic rings. The summed E-state index contributed by atoms with van der Waals surface area (Å²) in [5.41, 5.74) is 5.58. The maximum Gasteiger partial charge on any atom is 0.0645 e. The molecule has 0 spiro atoms. The van der Waals surface area contributed by atoms with Crippen LogP contribution in [0.15, 0.2) is 67.0 Å². The molecule has 132 valence electrons. The maximum absolute atomic E-state index is 4.58. The van der Waals surface area contributed by atoms with E-state index < -0.39 is 0 Å². The summed E-state index contributed by atoms with van der Waals surface area (Å²) in [4.78, 5) is 2.70. The number of aromatic nitrogens is 2. The van der Waals surface area contributed by atoms with Crippen molar-refractivity contribution in [3.05, 3.63) is 83.7 Å². The molecular formula is C23H25N3. The van der Waals surface area contributed by atoms with Crippen molar-refractivity contribution in [1.82, 2.24) is 14.7 Å². The van der Waals surface area contributed by atoms with Gasteiger partial charge in [0.05, 0.1) is 11.9 Å². The molecule has 1 aromatic heterocycles. The van der Waals surface area contributed by atoms with Crippen molar-refractivity contribution < 1.29 is 0 Å². The third-order valence-corrected chi connectivity index (χ3v) is 6.04. The van der Waals surface area contributed by atoms with Crippen LogP contribution in [-0.2, 0) is 19.4 Å². The molecule has 0 amide bonds. The number of nitrogens with zero attached hydrogens (tertiary/aromatic N) is 3. The van der Waals surface area contributed by atoms with E-state index in [0.717, 1.165) is 18.2 Å². The number of rotatable bonds is 3. The van der Waals surface area contributed by atoms with Crippen molar-refractivity contribution in [2.24, 2.45) is 5.92 Å². The van der Waals surface area contributed by atoms with Crippen LogP contribution in [-0.4, -0.2) is 27.3 Å². The Morgan fingerprint density at radius 3 is 2.50 bits per heavy atom. The van der Waals surface area contributed by atoms with Crippen LogP contribution in [0.1, 0.15) is 29.5 Å². The van der Waals surface area contributed by atoms with Crippen LogP contribution in [0.5, 0.6) is 0 Å². The molecule has 0 N–H and O–H groups in total. The highest BCUT2D eigenvalue weighted by Crippen LogP contribution is 2.33. The highest BCUT2D eigenvalue weighted by atomic mass is 15.3. The molecule has 3 aliphatic rings. The van der Waals surface area contributed by atoms with Crippen molar-refractivity contribution in [3.63, 3.8) is 0 Å². The normalized spacial score (nSPS) is 22.6. The van der Waals surface area contributed by atoms with Gasteiger partial charge in [0.2, 0.25) is 0 Å². The second kappa shape index (κ2) is 6.73. The zero-order valence-electron chi connectivity index (χ0n) is 15.1. The summed E-state index contributed by atoms with van der Waals surface area (Å²) in [6.07, 6.45) is 9.35. The summed E-state index contributed by atoms with van der Waals surface area (Å²) < 4.78 is 1.99. The zero-order chi connectivity index (χ0) is 17.3. The molecule has 0 saturated carbocycles. The summed E-state index contributed by atoms with van der Waals surface area (Å²) in [5.74, 6) is 0.789. The van der Waals surface area contributed by atoms with Gasteiger partial charge in [0, 0.05) is 30.9 Å². The SMILES string of the molecule is c1ccc(-n2cc(CN3C[C@@H]4CC[C@@H]3Cc3ccccc3C4)cn2)cc1. The fourth-order valence-electron chi connectivity index (χ4n) is 4.69. The second-order valence-electron chi connectivity index (χ2n) is 7.83. The maximum atomic E-state index is 4.58. The summed E-state index contributed by atoms with van der Waals surface area (Å²) in [5, 5.41) is 4.58. The smallest absolute Gasteiger partial charge is 0.0645 e. The molecule has 2 bridgehead atoms. The Labute approximate surface area is 155 Å². The Morgan fingerprint density at radius 2 is 1.65 bits per heavy atom. The van der Waals surface area contributed by atoms with Crippen LogP contribution in [0.4, 0.5) is 0 Å². The van der Waals surface area contributed by atoms with E-state index in [2.05, 4.69) is 64.7 Å².